The Hall–Kier alpha value is -1.08. The average Bonchev–Trinajstić information content (AvgIpc) is 2.27. The van der Waals surface area contributed by atoms with Crippen LogP contribution in [0.5, 0.6) is 0 Å². The summed E-state index contributed by atoms with van der Waals surface area (Å²) >= 11 is 5.60. The summed E-state index contributed by atoms with van der Waals surface area (Å²) in [6, 6.07) is 1.33. The second-order valence-electron chi connectivity index (χ2n) is 4.00. The number of anilines is 1. The van der Waals surface area contributed by atoms with Crippen LogP contribution in [-0.4, -0.2) is 35.8 Å². The summed E-state index contributed by atoms with van der Waals surface area (Å²) in [5.74, 6) is -1.04. The van der Waals surface area contributed by atoms with Crippen LogP contribution in [-0.2, 0) is 10.9 Å². The molecule has 0 aromatic carbocycles. The molecule has 1 aromatic rings. The third-order valence-corrected chi connectivity index (χ3v) is 2.69. The molecule has 1 saturated heterocycles. The third-order valence-electron chi connectivity index (χ3n) is 2.50. The predicted molar refractivity (Wildman–Crippen MR) is 59.7 cm³/mol. The lowest BCUT2D eigenvalue weighted by Crippen LogP contribution is -2.41. The number of ether oxygens (including phenoxy) is 1. The molecule has 1 unspecified atom stereocenters. The topological polar surface area (TPSA) is 38.2 Å². The Balaban J connectivity index is 2.30. The van der Waals surface area contributed by atoms with Crippen molar-refractivity contribution >= 4 is 17.4 Å². The van der Waals surface area contributed by atoms with E-state index in [1.807, 2.05) is 6.92 Å². The molecule has 0 radical (unpaired) electrons. The Kier molecular flexibility index (Phi) is 3.63. The van der Waals surface area contributed by atoms with Gasteiger partial charge in [0.15, 0.2) is 0 Å². The van der Waals surface area contributed by atoms with Crippen molar-refractivity contribution in [3.05, 3.63) is 17.0 Å². The smallest absolute Gasteiger partial charge is 0.375 e. The van der Waals surface area contributed by atoms with Crippen LogP contribution in [0.1, 0.15) is 12.7 Å². The largest absolute Gasteiger partial charge is 0.451 e. The molecule has 1 aliphatic rings. The van der Waals surface area contributed by atoms with Gasteiger partial charge in [-0.1, -0.05) is 11.6 Å². The van der Waals surface area contributed by atoms with Gasteiger partial charge in [0, 0.05) is 19.2 Å². The summed E-state index contributed by atoms with van der Waals surface area (Å²) in [6.45, 7) is 3.25. The van der Waals surface area contributed by atoms with Gasteiger partial charge in [0.2, 0.25) is 5.82 Å². The fourth-order valence-corrected chi connectivity index (χ4v) is 1.90. The molecule has 1 aliphatic heterocycles. The van der Waals surface area contributed by atoms with Gasteiger partial charge >= 0.3 is 6.18 Å². The van der Waals surface area contributed by atoms with E-state index >= 15 is 0 Å². The van der Waals surface area contributed by atoms with Crippen LogP contribution < -0.4 is 4.90 Å². The number of nitrogens with zero attached hydrogens (tertiary/aromatic N) is 3. The van der Waals surface area contributed by atoms with E-state index in [4.69, 9.17) is 16.3 Å². The van der Waals surface area contributed by atoms with Crippen molar-refractivity contribution in [3.8, 4) is 0 Å². The summed E-state index contributed by atoms with van der Waals surface area (Å²) < 4.78 is 43.0. The van der Waals surface area contributed by atoms with Gasteiger partial charge in [0.05, 0.1) is 12.7 Å². The molecule has 0 saturated carbocycles. The molecule has 1 fully saturated rings. The average molecular weight is 282 g/mol. The third kappa shape index (κ3) is 3.02. The summed E-state index contributed by atoms with van der Waals surface area (Å²) in [4.78, 5) is 8.41. The van der Waals surface area contributed by atoms with E-state index in [9.17, 15) is 13.2 Å². The molecule has 18 heavy (non-hydrogen) atoms. The number of alkyl halides is 3. The minimum atomic E-state index is -4.60. The Morgan fingerprint density at radius 1 is 1.44 bits per heavy atom. The zero-order valence-electron chi connectivity index (χ0n) is 9.54. The van der Waals surface area contributed by atoms with E-state index < -0.39 is 12.0 Å². The number of rotatable bonds is 1. The molecule has 1 aromatic heterocycles. The maximum atomic E-state index is 12.6. The molecule has 2 heterocycles. The molecular weight excluding hydrogens is 271 g/mol. The molecule has 100 valence electrons. The quantitative estimate of drug-likeness (QED) is 0.741. The molecule has 0 N–H and O–H groups in total. The van der Waals surface area contributed by atoms with Crippen LogP contribution in [0.25, 0.3) is 0 Å². The van der Waals surface area contributed by atoms with E-state index in [2.05, 4.69) is 9.97 Å². The van der Waals surface area contributed by atoms with Gasteiger partial charge in [-0.25, -0.2) is 9.97 Å². The summed E-state index contributed by atoms with van der Waals surface area (Å²) in [5, 5.41) is -0.216. The van der Waals surface area contributed by atoms with Crippen molar-refractivity contribution in [2.75, 3.05) is 24.6 Å². The van der Waals surface area contributed by atoms with Gasteiger partial charge in [-0.05, 0) is 6.92 Å². The first-order valence-electron chi connectivity index (χ1n) is 5.34. The highest BCUT2D eigenvalue weighted by atomic mass is 35.5. The van der Waals surface area contributed by atoms with Gasteiger partial charge in [-0.15, -0.1) is 0 Å². The molecule has 0 spiro atoms. The number of morpholine rings is 1. The maximum absolute atomic E-state index is 12.6. The minimum Gasteiger partial charge on any atom is -0.375 e. The lowest BCUT2D eigenvalue weighted by atomic mass is 10.3. The minimum absolute atomic E-state index is 0.0539. The fraction of sp³-hybridized carbons (Fsp3) is 0.600. The van der Waals surface area contributed by atoms with Crippen molar-refractivity contribution < 1.29 is 17.9 Å². The van der Waals surface area contributed by atoms with Crippen molar-refractivity contribution in [3.63, 3.8) is 0 Å². The lowest BCUT2D eigenvalue weighted by Gasteiger charge is -2.32. The Morgan fingerprint density at radius 3 is 2.78 bits per heavy atom. The van der Waals surface area contributed by atoms with Crippen LogP contribution in [0.3, 0.4) is 0 Å². The highest BCUT2D eigenvalue weighted by Gasteiger charge is 2.36. The Labute approximate surface area is 107 Å². The van der Waals surface area contributed by atoms with E-state index in [0.29, 0.717) is 19.7 Å². The molecule has 1 atom stereocenters. The van der Waals surface area contributed by atoms with Crippen molar-refractivity contribution in [1.82, 2.24) is 9.97 Å². The number of hydrogen-bond acceptors (Lipinski definition) is 4. The molecular formula is C10H11ClF3N3O. The van der Waals surface area contributed by atoms with Gasteiger partial charge in [-0.2, -0.15) is 13.2 Å². The first-order chi connectivity index (χ1) is 8.36. The molecule has 4 nitrogen and oxygen atoms in total. The molecule has 0 amide bonds. The SMILES string of the molecule is CC1CN(c2cc(Cl)nc(C(F)(F)F)n2)CCO1. The molecule has 0 bridgehead atoms. The molecule has 2 rings (SSSR count). The zero-order valence-corrected chi connectivity index (χ0v) is 10.3. The molecule has 8 heteroatoms. The maximum Gasteiger partial charge on any atom is 0.451 e. The van der Waals surface area contributed by atoms with Crippen LogP contribution in [0, 0.1) is 0 Å². The highest BCUT2D eigenvalue weighted by Crippen LogP contribution is 2.29. The lowest BCUT2D eigenvalue weighted by molar-refractivity contribution is -0.144. The van der Waals surface area contributed by atoms with E-state index in [1.54, 1.807) is 4.90 Å². The second kappa shape index (κ2) is 4.89. The number of hydrogen-bond donors (Lipinski definition) is 0. The zero-order chi connectivity index (χ0) is 13.3. The van der Waals surface area contributed by atoms with Crippen molar-refractivity contribution in [2.24, 2.45) is 0 Å². The monoisotopic (exact) mass is 281 g/mol. The van der Waals surface area contributed by atoms with Crippen LogP contribution in [0.4, 0.5) is 19.0 Å². The van der Waals surface area contributed by atoms with Crippen LogP contribution >= 0.6 is 11.6 Å². The highest BCUT2D eigenvalue weighted by molar-refractivity contribution is 6.29. The predicted octanol–water partition coefficient (Wildman–Crippen LogP) is 2.37. The second-order valence-corrected chi connectivity index (χ2v) is 4.38. The van der Waals surface area contributed by atoms with Gasteiger partial charge in [0.1, 0.15) is 11.0 Å². The van der Waals surface area contributed by atoms with Gasteiger partial charge in [0.25, 0.3) is 0 Å². The first-order valence-corrected chi connectivity index (χ1v) is 5.72. The summed E-state index contributed by atoms with van der Waals surface area (Å²) in [7, 11) is 0. The first kappa shape index (κ1) is 13.4. The number of aromatic nitrogens is 2. The van der Waals surface area contributed by atoms with Gasteiger partial charge < -0.3 is 9.64 Å². The van der Waals surface area contributed by atoms with Gasteiger partial charge in [-0.3, -0.25) is 0 Å². The Bertz CT molecular complexity index is 441. The van der Waals surface area contributed by atoms with Crippen LogP contribution in [0.15, 0.2) is 6.07 Å². The fourth-order valence-electron chi connectivity index (χ4n) is 1.72. The van der Waals surface area contributed by atoms with Crippen LogP contribution in [0.2, 0.25) is 5.15 Å². The normalized spacial score (nSPS) is 21.2. The van der Waals surface area contributed by atoms with E-state index in [1.165, 1.54) is 6.07 Å². The van der Waals surface area contributed by atoms with E-state index in [0.717, 1.165) is 0 Å². The van der Waals surface area contributed by atoms with E-state index in [-0.39, 0.29) is 17.1 Å². The Morgan fingerprint density at radius 2 is 2.17 bits per heavy atom. The standard InChI is InChI=1S/C10H11ClF3N3O/c1-6-5-17(2-3-18-6)8-4-7(11)15-9(16-8)10(12,13)14/h4,6H,2-3,5H2,1H3. The number of halogens is 4. The van der Waals surface area contributed by atoms with Crippen molar-refractivity contribution in [1.29, 1.82) is 0 Å². The summed E-state index contributed by atoms with van der Waals surface area (Å²) in [6.07, 6.45) is -4.65. The van der Waals surface area contributed by atoms with Crippen molar-refractivity contribution in [2.45, 2.75) is 19.2 Å². The molecule has 0 aliphatic carbocycles. The summed E-state index contributed by atoms with van der Waals surface area (Å²) in [5.41, 5.74) is 0.